The molecular weight excluding hydrogens is 394 g/mol. The number of sulfone groups is 1. The molecule has 2 aromatic carbocycles. The first kappa shape index (κ1) is 20.1. The van der Waals surface area contributed by atoms with Crippen LogP contribution >= 0.6 is 11.3 Å². The van der Waals surface area contributed by atoms with Crippen LogP contribution in [-0.4, -0.2) is 28.0 Å². The Morgan fingerprint density at radius 1 is 1.11 bits per heavy atom. The maximum absolute atomic E-state index is 13.2. The third kappa shape index (κ3) is 4.43. The smallest absolute Gasteiger partial charge is 0.251 e. The molecule has 1 atom stereocenters. The number of amides is 1. The Morgan fingerprint density at radius 3 is 2.50 bits per heavy atom. The average molecular weight is 416 g/mol. The number of hydrogen-bond acceptors (Lipinski definition) is 5. The summed E-state index contributed by atoms with van der Waals surface area (Å²) in [5.41, 5.74) is 1.40. The molecule has 0 unspecified atom stereocenters. The van der Waals surface area contributed by atoms with Gasteiger partial charge in [0.25, 0.3) is 5.91 Å². The van der Waals surface area contributed by atoms with Gasteiger partial charge in [0.2, 0.25) is 0 Å². The summed E-state index contributed by atoms with van der Waals surface area (Å²) in [5.74, 6) is 0.217. The van der Waals surface area contributed by atoms with Gasteiger partial charge in [-0.05, 0) is 48.7 Å². The summed E-state index contributed by atoms with van der Waals surface area (Å²) >= 11 is 1.36. The van der Waals surface area contributed by atoms with Gasteiger partial charge in [-0.1, -0.05) is 29.8 Å². The predicted octanol–water partition coefficient (Wildman–Crippen LogP) is 4.01. The van der Waals surface area contributed by atoms with Crippen LogP contribution in [0.2, 0.25) is 0 Å². The van der Waals surface area contributed by atoms with Crippen molar-refractivity contribution in [1.29, 1.82) is 0 Å². The van der Waals surface area contributed by atoms with E-state index in [-0.39, 0.29) is 17.3 Å². The van der Waals surface area contributed by atoms with Crippen molar-refractivity contribution in [2.45, 2.75) is 17.1 Å². The summed E-state index contributed by atoms with van der Waals surface area (Å²) in [4.78, 5) is 13.5. The van der Waals surface area contributed by atoms with Crippen LogP contribution in [0.3, 0.4) is 0 Å². The van der Waals surface area contributed by atoms with E-state index in [4.69, 9.17) is 4.74 Å². The van der Waals surface area contributed by atoms with Crippen LogP contribution in [0.5, 0.6) is 5.75 Å². The van der Waals surface area contributed by atoms with E-state index in [1.165, 1.54) is 18.4 Å². The highest BCUT2D eigenvalue weighted by atomic mass is 32.2. The number of carbonyl (C=O) groups excluding carboxylic acids is 1. The molecule has 0 aliphatic heterocycles. The third-order valence-electron chi connectivity index (χ3n) is 4.36. The van der Waals surface area contributed by atoms with Gasteiger partial charge >= 0.3 is 0 Å². The topological polar surface area (TPSA) is 72.5 Å². The molecule has 28 heavy (non-hydrogen) atoms. The second-order valence-corrected chi connectivity index (χ2v) is 9.41. The number of hydrogen-bond donors (Lipinski definition) is 1. The lowest BCUT2D eigenvalue weighted by molar-refractivity contribution is 0.0953. The van der Waals surface area contributed by atoms with E-state index in [1.54, 1.807) is 54.6 Å². The number of benzene rings is 2. The standard InChI is InChI=1S/C21H21NO4S2/c1-15-8-10-18(11-9-15)28(24,25)20(19-7-4-12-27-19)14-22-21(23)16-5-3-6-17(13-16)26-2/h3-13,20H,14H2,1-2H3,(H,22,23)/t20-/m0/s1. The van der Waals surface area contributed by atoms with E-state index in [0.717, 1.165) is 5.56 Å². The van der Waals surface area contributed by atoms with Crippen molar-refractivity contribution in [1.82, 2.24) is 5.32 Å². The highest BCUT2D eigenvalue weighted by Gasteiger charge is 2.30. The number of aryl methyl sites for hydroxylation is 1. The Balaban J connectivity index is 1.85. The highest BCUT2D eigenvalue weighted by molar-refractivity contribution is 7.91. The Hall–Kier alpha value is -2.64. The summed E-state index contributed by atoms with van der Waals surface area (Å²) in [6, 6.07) is 17.1. The minimum atomic E-state index is -3.66. The predicted molar refractivity (Wildman–Crippen MR) is 111 cm³/mol. The van der Waals surface area contributed by atoms with E-state index in [0.29, 0.717) is 16.2 Å². The highest BCUT2D eigenvalue weighted by Crippen LogP contribution is 2.31. The molecule has 0 spiro atoms. The van der Waals surface area contributed by atoms with E-state index in [2.05, 4.69) is 5.32 Å². The minimum Gasteiger partial charge on any atom is -0.497 e. The molecule has 0 saturated carbocycles. The maximum atomic E-state index is 13.2. The molecule has 3 rings (SSSR count). The average Bonchev–Trinajstić information content (AvgIpc) is 3.22. The van der Waals surface area contributed by atoms with Crippen LogP contribution in [0, 0.1) is 6.92 Å². The van der Waals surface area contributed by atoms with Crippen molar-refractivity contribution in [3.05, 3.63) is 82.0 Å². The van der Waals surface area contributed by atoms with Crippen molar-refractivity contribution in [3.8, 4) is 5.75 Å². The molecule has 0 aliphatic carbocycles. The fourth-order valence-corrected chi connectivity index (χ4v) is 5.57. The van der Waals surface area contributed by atoms with Gasteiger partial charge in [-0.15, -0.1) is 11.3 Å². The van der Waals surface area contributed by atoms with Gasteiger partial charge in [-0.3, -0.25) is 4.79 Å². The van der Waals surface area contributed by atoms with Gasteiger partial charge in [0.05, 0.1) is 12.0 Å². The van der Waals surface area contributed by atoms with E-state index in [1.807, 2.05) is 18.4 Å². The number of ether oxygens (including phenoxy) is 1. The Kier molecular flexibility index (Phi) is 6.16. The second kappa shape index (κ2) is 8.58. The number of methoxy groups -OCH3 is 1. The molecule has 146 valence electrons. The molecule has 0 aliphatic rings. The van der Waals surface area contributed by atoms with Crippen LogP contribution in [0.15, 0.2) is 70.9 Å². The number of rotatable bonds is 7. The number of nitrogens with one attached hydrogen (secondary N) is 1. The van der Waals surface area contributed by atoms with Crippen molar-refractivity contribution < 1.29 is 17.9 Å². The first-order valence-electron chi connectivity index (χ1n) is 8.68. The molecule has 3 aromatic rings. The fourth-order valence-electron chi connectivity index (χ4n) is 2.78. The molecule has 0 fully saturated rings. The summed E-state index contributed by atoms with van der Waals surface area (Å²) in [6.45, 7) is 1.88. The van der Waals surface area contributed by atoms with E-state index >= 15 is 0 Å². The van der Waals surface area contributed by atoms with Crippen LogP contribution in [0.25, 0.3) is 0 Å². The molecule has 1 aromatic heterocycles. The molecule has 0 saturated heterocycles. The van der Waals surface area contributed by atoms with Gasteiger partial charge in [-0.2, -0.15) is 0 Å². The second-order valence-electron chi connectivity index (χ2n) is 6.30. The van der Waals surface area contributed by atoms with E-state index in [9.17, 15) is 13.2 Å². The molecular formula is C21H21NO4S2. The van der Waals surface area contributed by atoms with Crippen molar-refractivity contribution in [2.24, 2.45) is 0 Å². The van der Waals surface area contributed by atoms with Crippen molar-refractivity contribution >= 4 is 27.1 Å². The van der Waals surface area contributed by atoms with Crippen molar-refractivity contribution in [2.75, 3.05) is 13.7 Å². The summed E-state index contributed by atoms with van der Waals surface area (Å²) < 4.78 is 31.6. The van der Waals surface area contributed by atoms with Crippen LogP contribution in [-0.2, 0) is 9.84 Å². The number of carbonyl (C=O) groups is 1. The quantitative estimate of drug-likeness (QED) is 0.633. The number of thiophene rings is 1. The van der Waals surface area contributed by atoms with Crippen LogP contribution in [0.4, 0.5) is 0 Å². The SMILES string of the molecule is COc1cccc(C(=O)NC[C@@H](c2cccs2)S(=O)(=O)c2ccc(C)cc2)c1. The Morgan fingerprint density at radius 2 is 1.86 bits per heavy atom. The molecule has 1 amide bonds. The van der Waals surface area contributed by atoms with Gasteiger partial charge in [0.1, 0.15) is 11.0 Å². The zero-order chi connectivity index (χ0) is 20.1. The maximum Gasteiger partial charge on any atom is 0.251 e. The van der Waals surface area contributed by atoms with Gasteiger partial charge in [-0.25, -0.2) is 8.42 Å². The van der Waals surface area contributed by atoms with Gasteiger partial charge in [0.15, 0.2) is 9.84 Å². The summed E-state index contributed by atoms with van der Waals surface area (Å²) in [6.07, 6.45) is 0. The van der Waals surface area contributed by atoms with Crippen LogP contribution in [0.1, 0.15) is 26.0 Å². The largest absolute Gasteiger partial charge is 0.497 e. The summed E-state index contributed by atoms with van der Waals surface area (Å²) in [5, 5.41) is 3.73. The minimum absolute atomic E-state index is 0.0211. The molecule has 0 bridgehead atoms. The van der Waals surface area contributed by atoms with Crippen LogP contribution < -0.4 is 10.1 Å². The lowest BCUT2D eigenvalue weighted by Crippen LogP contribution is -2.31. The Labute approximate surface area is 168 Å². The molecule has 5 nitrogen and oxygen atoms in total. The van der Waals surface area contributed by atoms with Crippen molar-refractivity contribution in [3.63, 3.8) is 0 Å². The summed E-state index contributed by atoms with van der Waals surface area (Å²) in [7, 11) is -2.13. The lowest BCUT2D eigenvalue weighted by atomic mass is 10.2. The third-order valence-corrected chi connectivity index (χ3v) is 7.60. The Bertz CT molecular complexity index is 1040. The zero-order valence-corrected chi connectivity index (χ0v) is 17.2. The first-order valence-corrected chi connectivity index (χ1v) is 11.1. The monoisotopic (exact) mass is 415 g/mol. The fraction of sp³-hybridized carbons (Fsp3) is 0.190. The normalized spacial score (nSPS) is 12.4. The zero-order valence-electron chi connectivity index (χ0n) is 15.6. The van der Waals surface area contributed by atoms with Gasteiger partial charge < -0.3 is 10.1 Å². The molecule has 7 heteroatoms. The first-order chi connectivity index (χ1) is 13.4. The lowest BCUT2D eigenvalue weighted by Gasteiger charge is -2.18. The molecule has 1 N–H and O–H groups in total. The molecule has 0 radical (unpaired) electrons. The van der Waals surface area contributed by atoms with Gasteiger partial charge in [0, 0.05) is 17.0 Å². The molecule has 1 heterocycles. The van der Waals surface area contributed by atoms with E-state index < -0.39 is 15.1 Å².